The number of hydrogen-bond acceptors (Lipinski definition) is 3. The summed E-state index contributed by atoms with van der Waals surface area (Å²) in [6, 6.07) is 4.54. The number of carbonyl (C=O) groups is 1. The zero-order chi connectivity index (χ0) is 16.1. The van der Waals surface area contributed by atoms with Crippen molar-refractivity contribution in [2.24, 2.45) is 7.05 Å². The SMILES string of the molecule is Cn1cc(-c2cc(C(=O)O)no2)c2cc(C(F)(F)F)ccc21. The first kappa shape index (κ1) is 14.2. The second-order valence-electron chi connectivity index (χ2n) is 4.76. The number of hydrogen-bond donors (Lipinski definition) is 1. The van der Waals surface area contributed by atoms with Crippen LogP contribution in [0.1, 0.15) is 16.1 Å². The molecule has 0 aliphatic carbocycles. The predicted molar refractivity (Wildman–Crippen MR) is 70.4 cm³/mol. The van der Waals surface area contributed by atoms with Crippen LogP contribution in [0.2, 0.25) is 0 Å². The zero-order valence-corrected chi connectivity index (χ0v) is 11.2. The lowest BCUT2D eigenvalue weighted by molar-refractivity contribution is -0.137. The van der Waals surface area contributed by atoms with Gasteiger partial charge in [0.1, 0.15) is 0 Å². The number of nitrogens with zero attached hydrogens (tertiary/aromatic N) is 2. The molecule has 0 atom stereocenters. The molecule has 0 saturated carbocycles. The second-order valence-corrected chi connectivity index (χ2v) is 4.76. The lowest BCUT2D eigenvalue weighted by Gasteiger charge is -2.06. The average molecular weight is 310 g/mol. The first-order chi connectivity index (χ1) is 10.3. The summed E-state index contributed by atoms with van der Waals surface area (Å²) in [6.45, 7) is 0. The van der Waals surface area contributed by atoms with Crippen molar-refractivity contribution in [3.63, 3.8) is 0 Å². The van der Waals surface area contributed by atoms with E-state index in [4.69, 9.17) is 9.63 Å². The molecule has 0 unspecified atom stereocenters. The Labute approximate surface area is 121 Å². The average Bonchev–Trinajstić information content (AvgIpc) is 3.03. The highest BCUT2D eigenvalue weighted by atomic mass is 19.4. The van der Waals surface area contributed by atoms with E-state index in [1.165, 1.54) is 12.1 Å². The number of alkyl halides is 3. The molecule has 0 fully saturated rings. The molecule has 0 radical (unpaired) electrons. The summed E-state index contributed by atoms with van der Waals surface area (Å²) in [7, 11) is 1.67. The fraction of sp³-hybridized carbons (Fsp3) is 0.143. The standard InChI is InChI=1S/C14H9F3N2O3/c1-19-6-9(12-5-10(13(20)21)18-22-12)8-4-7(14(15,16)17)2-3-11(8)19/h2-6H,1H3,(H,20,21). The predicted octanol–water partition coefficient (Wildman–Crippen LogP) is 3.55. The van der Waals surface area contributed by atoms with Crippen molar-refractivity contribution < 1.29 is 27.6 Å². The molecule has 0 spiro atoms. The normalized spacial score (nSPS) is 12.0. The Bertz CT molecular complexity index is 877. The van der Waals surface area contributed by atoms with Gasteiger partial charge in [-0.05, 0) is 18.2 Å². The molecular weight excluding hydrogens is 301 g/mol. The third-order valence-corrected chi connectivity index (χ3v) is 3.31. The van der Waals surface area contributed by atoms with Gasteiger partial charge in [-0.25, -0.2) is 4.79 Å². The highest BCUT2D eigenvalue weighted by molar-refractivity contribution is 5.96. The van der Waals surface area contributed by atoms with Crippen molar-refractivity contribution >= 4 is 16.9 Å². The van der Waals surface area contributed by atoms with Crippen molar-refractivity contribution in [3.8, 4) is 11.3 Å². The molecule has 114 valence electrons. The number of benzene rings is 1. The molecule has 3 rings (SSSR count). The molecule has 0 bridgehead atoms. The molecule has 5 nitrogen and oxygen atoms in total. The van der Waals surface area contributed by atoms with E-state index in [9.17, 15) is 18.0 Å². The summed E-state index contributed by atoms with van der Waals surface area (Å²) in [5.74, 6) is -1.17. The van der Waals surface area contributed by atoms with Gasteiger partial charge in [0.15, 0.2) is 11.5 Å². The van der Waals surface area contributed by atoms with Crippen LogP contribution in [0.15, 0.2) is 35.0 Å². The Morgan fingerprint density at radius 1 is 1.32 bits per heavy atom. The van der Waals surface area contributed by atoms with Crippen LogP contribution < -0.4 is 0 Å². The minimum absolute atomic E-state index is 0.0994. The summed E-state index contributed by atoms with van der Waals surface area (Å²) in [5, 5.41) is 12.5. The molecular formula is C14H9F3N2O3. The summed E-state index contributed by atoms with van der Waals surface area (Å²) in [6.07, 6.45) is -2.90. The second kappa shape index (κ2) is 4.62. The fourth-order valence-electron chi connectivity index (χ4n) is 2.27. The highest BCUT2D eigenvalue weighted by Crippen LogP contribution is 2.36. The molecule has 1 aromatic carbocycles. The Morgan fingerprint density at radius 3 is 2.64 bits per heavy atom. The van der Waals surface area contributed by atoms with Gasteiger partial charge in [-0.1, -0.05) is 5.16 Å². The maximum atomic E-state index is 12.8. The van der Waals surface area contributed by atoms with E-state index in [-0.39, 0.29) is 11.5 Å². The van der Waals surface area contributed by atoms with Gasteiger partial charge in [0.25, 0.3) is 0 Å². The zero-order valence-electron chi connectivity index (χ0n) is 11.2. The van der Waals surface area contributed by atoms with Gasteiger partial charge in [0, 0.05) is 35.8 Å². The van der Waals surface area contributed by atoms with Gasteiger partial charge >= 0.3 is 12.1 Å². The van der Waals surface area contributed by atoms with E-state index >= 15 is 0 Å². The van der Waals surface area contributed by atoms with Crippen molar-refractivity contribution in [1.82, 2.24) is 9.72 Å². The quantitative estimate of drug-likeness (QED) is 0.786. The first-order valence-electron chi connectivity index (χ1n) is 6.14. The van der Waals surface area contributed by atoms with E-state index < -0.39 is 17.7 Å². The van der Waals surface area contributed by atoms with Crippen molar-refractivity contribution in [1.29, 1.82) is 0 Å². The van der Waals surface area contributed by atoms with Gasteiger partial charge < -0.3 is 14.2 Å². The van der Waals surface area contributed by atoms with Crippen molar-refractivity contribution in [2.45, 2.75) is 6.18 Å². The van der Waals surface area contributed by atoms with Crippen LogP contribution in [0.4, 0.5) is 13.2 Å². The van der Waals surface area contributed by atoms with Crippen LogP contribution in [0, 0.1) is 0 Å². The fourth-order valence-corrected chi connectivity index (χ4v) is 2.27. The van der Waals surface area contributed by atoms with E-state index in [2.05, 4.69) is 5.16 Å². The van der Waals surface area contributed by atoms with Gasteiger partial charge in [-0.3, -0.25) is 0 Å². The van der Waals surface area contributed by atoms with Crippen molar-refractivity contribution in [2.75, 3.05) is 0 Å². The molecule has 0 aliphatic rings. The van der Waals surface area contributed by atoms with Crippen molar-refractivity contribution in [3.05, 3.63) is 41.7 Å². The van der Waals surface area contributed by atoms with Gasteiger partial charge in [-0.15, -0.1) is 0 Å². The number of fused-ring (bicyclic) bond motifs is 1. The van der Waals surface area contributed by atoms with E-state index in [0.717, 1.165) is 12.1 Å². The van der Waals surface area contributed by atoms with Crippen LogP contribution in [-0.4, -0.2) is 20.8 Å². The van der Waals surface area contributed by atoms with Crippen LogP contribution in [0.5, 0.6) is 0 Å². The molecule has 3 aromatic rings. The van der Waals surface area contributed by atoms with Gasteiger partial charge in [0.2, 0.25) is 0 Å². The van der Waals surface area contributed by atoms with Gasteiger partial charge in [0.05, 0.1) is 5.56 Å². The van der Waals surface area contributed by atoms with Crippen LogP contribution in [0.3, 0.4) is 0 Å². The van der Waals surface area contributed by atoms with Crippen LogP contribution >= 0.6 is 0 Å². The van der Waals surface area contributed by atoms with Gasteiger partial charge in [-0.2, -0.15) is 13.2 Å². The van der Waals surface area contributed by atoms with Crippen LogP contribution in [0.25, 0.3) is 22.2 Å². The summed E-state index contributed by atoms with van der Waals surface area (Å²) in [4.78, 5) is 10.8. The first-order valence-corrected chi connectivity index (χ1v) is 6.14. The molecule has 8 heteroatoms. The number of aryl methyl sites for hydroxylation is 1. The van der Waals surface area contributed by atoms with E-state index in [0.29, 0.717) is 16.5 Å². The molecule has 22 heavy (non-hydrogen) atoms. The molecule has 0 amide bonds. The summed E-state index contributed by atoms with van der Waals surface area (Å²) < 4.78 is 45.1. The third kappa shape index (κ3) is 2.22. The number of halogens is 3. The topological polar surface area (TPSA) is 68.3 Å². The molecule has 2 aromatic heterocycles. The maximum absolute atomic E-state index is 12.8. The number of rotatable bonds is 2. The smallest absolute Gasteiger partial charge is 0.416 e. The Morgan fingerprint density at radius 2 is 2.05 bits per heavy atom. The number of aromatic nitrogens is 2. The molecule has 1 N–H and O–H groups in total. The number of carboxylic acid groups (broad SMARTS) is 1. The number of carboxylic acids is 1. The number of aromatic carboxylic acids is 1. The van der Waals surface area contributed by atoms with Crippen LogP contribution in [-0.2, 0) is 13.2 Å². The lowest BCUT2D eigenvalue weighted by atomic mass is 10.1. The maximum Gasteiger partial charge on any atom is 0.416 e. The molecule has 0 saturated heterocycles. The summed E-state index contributed by atoms with van der Waals surface area (Å²) >= 11 is 0. The Hall–Kier alpha value is -2.77. The lowest BCUT2D eigenvalue weighted by Crippen LogP contribution is -2.04. The summed E-state index contributed by atoms with van der Waals surface area (Å²) in [5.41, 5.74) is -0.177. The highest BCUT2D eigenvalue weighted by Gasteiger charge is 2.31. The largest absolute Gasteiger partial charge is 0.476 e. The minimum atomic E-state index is -4.46. The Kier molecular flexibility index (Phi) is 2.98. The molecule has 0 aliphatic heterocycles. The minimum Gasteiger partial charge on any atom is -0.476 e. The van der Waals surface area contributed by atoms with E-state index in [1.807, 2.05) is 0 Å². The molecule has 2 heterocycles. The monoisotopic (exact) mass is 310 g/mol. The van der Waals surface area contributed by atoms with E-state index in [1.54, 1.807) is 17.8 Å². The Balaban J connectivity index is 2.22. The third-order valence-electron chi connectivity index (χ3n) is 3.31.